The van der Waals surface area contributed by atoms with Crippen LogP contribution in [0, 0.1) is 23.7 Å². The first-order valence-corrected chi connectivity index (χ1v) is 10.5. The number of hydrogen-bond acceptors (Lipinski definition) is 4. The van der Waals surface area contributed by atoms with Gasteiger partial charge in [-0.25, -0.2) is 0 Å². The van der Waals surface area contributed by atoms with Gasteiger partial charge in [0.1, 0.15) is 6.04 Å². The van der Waals surface area contributed by atoms with E-state index >= 15 is 0 Å². The Balaban J connectivity index is 2.42. The average Bonchev–Trinajstić information content (AvgIpc) is 2.99. The summed E-state index contributed by atoms with van der Waals surface area (Å²) >= 11 is 0. The molecule has 28 heavy (non-hydrogen) atoms. The summed E-state index contributed by atoms with van der Waals surface area (Å²) in [5.74, 6) is -2.02. The summed E-state index contributed by atoms with van der Waals surface area (Å²) in [4.78, 5) is 40.6. The highest BCUT2D eigenvalue weighted by Gasteiger charge is 2.57. The van der Waals surface area contributed by atoms with Gasteiger partial charge in [-0.2, -0.15) is 0 Å². The van der Waals surface area contributed by atoms with Gasteiger partial charge in [0.05, 0.1) is 24.5 Å². The largest absolute Gasteiger partial charge is 0.394 e. The number of aliphatic hydroxyl groups excluding tert-OH is 1. The van der Waals surface area contributed by atoms with Crippen LogP contribution in [-0.2, 0) is 14.4 Å². The van der Waals surface area contributed by atoms with Crippen LogP contribution in [0.1, 0.15) is 46.5 Å². The van der Waals surface area contributed by atoms with E-state index in [-0.39, 0.29) is 36.2 Å². The van der Waals surface area contributed by atoms with Crippen molar-refractivity contribution in [1.29, 1.82) is 0 Å². The molecule has 0 bridgehead atoms. The maximum Gasteiger partial charge on any atom is 0.243 e. The van der Waals surface area contributed by atoms with Gasteiger partial charge in [-0.05, 0) is 25.7 Å². The van der Waals surface area contributed by atoms with Crippen molar-refractivity contribution in [3.8, 4) is 0 Å². The number of aliphatic hydroxyl groups is 1. The molecular weight excluding hydrogens is 358 g/mol. The van der Waals surface area contributed by atoms with Crippen LogP contribution in [0.2, 0.25) is 0 Å². The number of carbonyl (C=O) groups is 3. The zero-order chi connectivity index (χ0) is 20.8. The lowest BCUT2D eigenvalue weighted by Crippen LogP contribution is -2.51. The Morgan fingerprint density at radius 2 is 1.93 bits per heavy atom. The molecule has 1 aliphatic carbocycles. The van der Waals surface area contributed by atoms with Crippen molar-refractivity contribution >= 4 is 17.7 Å². The number of fused-ring (bicyclic) bond motifs is 1. The molecule has 0 radical (unpaired) electrons. The van der Waals surface area contributed by atoms with E-state index in [1.807, 2.05) is 19.1 Å². The zero-order valence-corrected chi connectivity index (χ0v) is 17.5. The van der Waals surface area contributed by atoms with E-state index in [0.717, 1.165) is 25.7 Å². The normalized spacial score (nSPS) is 30.1. The van der Waals surface area contributed by atoms with Crippen LogP contribution < -0.4 is 10.6 Å². The molecule has 1 heterocycles. The summed E-state index contributed by atoms with van der Waals surface area (Å²) in [6.07, 6.45) is 7.52. The molecule has 1 fully saturated rings. The Morgan fingerprint density at radius 3 is 2.50 bits per heavy atom. The maximum absolute atomic E-state index is 13.4. The van der Waals surface area contributed by atoms with Crippen LogP contribution in [0.15, 0.2) is 12.2 Å². The number of hydrogen-bond donors (Lipinski definition) is 3. The standard InChI is InChI=1S/C21H35N3O4/c1-5-7-11-23-20(27)18-15-10-9-14(8-6-2)16(19(26)22-4)17(15)21(28)24(18)13(3)12-25/h9-10,13-18,25H,5-8,11-12H2,1-4H3,(H,22,26)(H,23,27)/t13-,14-,15+,16-,17+,18+/m1/s1. The summed E-state index contributed by atoms with van der Waals surface area (Å²) in [7, 11) is 1.58. The maximum atomic E-state index is 13.4. The molecule has 0 unspecified atom stereocenters. The first-order valence-electron chi connectivity index (χ1n) is 10.5. The fraction of sp³-hybridized carbons (Fsp3) is 0.762. The van der Waals surface area contributed by atoms with Gasteiger partial charge in [0.25, 0.3) is 0 Å². The first kappa shape index (κ1) is 22.4. The van der Waals surface area contributed by atoms with Crippen molar-refractivity contribution in [2.24, 2.45) is 23.7 Å². The molecule has 0 saturated carbocycles. The monoisotopic (exact) mass is 393 g/mol. The van der Waals surface area contributed by atoms with E-state index < -0.39 is 23.9 Å². The third kappa shape index (κ3) is 4.24. The Bertz CT molecular complexity index is 606. The number of allylic oxidation sites excluding steroid dienone is 1. The van der Waals surface area contributed by atoms with Gasteiger partial charge >= 0.3 is 0 Å². The Kier molecular flexibility index (Phi) is 8.04. The third-order valence-corrected chi connectivity index (χ3v) is 6.06. The molecule has 7 nitrogen and oxygen atoms in total. The van der Waals surface area contributed by atoms with Crippen LogP contribution in [0.4, 0.5) is 0 Å². The number of unbranched alkanes of at least 4 members (excludes halogenated alkanes) is 1. The average molecular weight is 394 g/mol. The lowest BCUT2D eigenvalue weighted by Gasteiger charge is -2.34. The van der Waals surface area contributed by atoms with Gasteiger partial charge in [-0.1, -0.05) is 38.8 Å². The predicted octanol–water partition coefficient (Wildman–Crippen LogP) is 1.08. The summed E-state index contributed by atoms with van der Waals surface area (Å²) in [5.41, 5.74) is 0. The topological polar surface area (TPSA) is 98.7 Å². The summed E-state index contributed by atoms with van der Waals surface area (Å²) < 4.78 is 0. The van der Waals surface area contributed by atoms with Crippen molar-refractivity contribution < 1.29 is 19.5 Å². The third-order valence-electron chi connectivity index (χ3n) is 6.06. The fourth-order valence-corrected chi connectivity index (χ4v) is 4.64. The van der Waals surface area contributed by atoms with Crippen molar-refractivity contribution in [3.05, 3.63) is 12.2 Å². The van der Waals surface area contributed by atoms with Gasteiger partial charge in [0, 0.05) is 19.5 Å². The second-order valence-electron chi connectivity index (χ2n) is 7.95. The summed E-state index contributed by atoms with van der Waals surface area (Å²) in [5, 5.41) is 15.3. The predicted molar refractivity (Wildman–Crippen MR) is 107 cm³/mol. The Labute approximate surface area is 167 Å². The Morgan fingerprint density at radius 1 is 1.21 bits per heavy atom. The first-order chi connectivity index (χ1) is 13.4. The molecule has 1 saturated heterocycles. The minimum atomic E-state index is -0.692. The molecule has 0 aromatic rings. The van der Waals surface area contributed by atoms with Crippen molar-refractivity contribution in [2.45, 2.75) is 58.5 Å². The van der Waals surface area contributed by atoms with E-state index in [0.29, 0.717) is 6.54 Å². The molecule has 6 atom stereocenters. The second kappa shape index (κ2) is 10.0. The Hall–Kier alpha value is -1.89. The van der Waals surface area contributed by atoms with Crippen LogP contribution in [-0.4, -0.2) is 60.0 Å². The SMILES string of the molecule is CCCCNC(=O)[C@@H]1[C@H]2C=C[C@@H](CCC)[C@@H](C(=O)NC)[C@H]2C(=O)N1[C@H](C)CO. The molecule has 1 aliphatic heterocycles. The van der Waals surface area contributed by atoms with Crippen molar-refractivity contribution in [2.75, 3.05) is 20.2 Å². The van der Waals surface area contributed by atoms with Crippen LogP contribution in [0.3, 0.4) is 0 Å². The molecule has 158 valence electrons. The van der Waals surface area contributed by atoms with Crippen molar-refractivity contribution in [1.82, 2.24) is 15.5 Å². The minimum Gasteiger partial charge on any atom is -0.394 e. The quantitative estimate of drug-likeness (QED) is 0.403. The highest BCUT2D eigenvalue weighted by atomic mass is 16.3. The number of rotatable bonds is 9. The van der Waals surface area contributed by atoms with Crippen LogP contribution in [0.5, 0.6) is 0 Å². The minimum absolute atomic E-state index is 0.0247. The smallest absolute Gasteiger partial charge is 0.243 e. The van der Waals surface area contributed by atoms with Gasteiger partial charge < -0.3 is 20.6 Å². The lowest BCUT2D eigenvalue weighted by atomic mass is 9.68. The molecule has 0 aromatic carbocycles. The fourth-order valence-electron chi connectivity index (χ4n) is 4.64. The van der Waals surface area contributed by atoms with E-state index in [1.165, 1.54) is 4.90 Å². The van der Waals surface area contributed by atoms with Gasteiger partial charge in [-0.15, -0.1) is 0 Å². The molecular formula is C21H35N3O4. The molecule has 2 rings (SSSR count). The van der Waals surface area contributed by atoms with Gasteiger partial charge in [-0.3, -0.25) is 14.4 Å². The number of nitrogens with zero attached hydrogens (tertiary/aromatic N) is 1. The zero-order valence-electron chi connectivity index (χ0n) is 17.5. The highest BCUT2D eigenvalue weighted by molar-refractivity contribution is 5.97. The van der Waals surface area contributed by atoms with E-state index in [1.54, 1.807) is 14.0 Å². The van der Waals surface area contributed by atoms with Crippen LogP contribution in [0.25, 0.3) is 0 Å². The molecule has 7 heteroatoms. The summed E-state index contributed by atoms with van der Waals surface area (Å²) in [6, 6.07) is -1.18. The molecule has 3 amide bonds. The van der Waals surface area contributed by atoms with E-state index in [4.69, 9.17) is 0 Å². The number of carbonyl (C=O) groups excluding carboxylic acids is 3. The molecule has 3 N–H and O–H groups in total. The number of likely N-dealkylation sites (tertiary alicyclic amines) is 1. The van der Waals surface area contributed by atoms with Gasteiger partial charge in [0.2, 0.25) is 17.7 Å². The van der Waals surface area contributed by atoms with E-state index in [9.17, 15) is 19.5 Å². The molecule has 0 aromatic heterocycles. The van der Waals surface area contributed by atoms with E-state index in [2.05, 4.69) is 17.6 Å². The highest BCUT2D eigenvalue weighted by Crippen LogP contribution is 2.45. The molecule has 2 aliphatic rings. The summed E-state index contributed by atoms with van der Waals surface area (Å²) in [6.45, 7) is 6.18. The number of nitrogens with one attached hydrogen (secondary N) is 2. The molecule has 0 spiro atoms. The second-order valence-corrected chi connectivity index (χ2v) is 7.95. The van der Waals surface area contributed by atoms with Crippen LogP contribution >= 0.6 is 0 Å². The van der Waals surface area contributed by atoms with Crippen molar-refractivity contribution in [3.63, 3.8) is 0 Å². The number of amides is 3. The lowest BCUT2D eigenvalue weighted by molar-refractivity contribution is -0.143. The van der Waals surface area contributed by atoms with Gasteiger partial charge in [0.15, 0.2) is 0 Å².